The van der Waals surface area contributed by atoms with Gasteiger partial charge in [0.15, 0.2) is 5.76 Å². The van der Waals surface area contributed by atoms with Gasteiger partial charge in [-0.3, -0.25) is 9.78 Å². The van der Waals surface area contributed by atoms with Gasteiger partial charge in [-0.2, -0.15) is 5.10 Å². The Morgan fingerprint density at radius 2 is 1.93 bits per heavy atom. The van der Waals surface area contributed by atoms with Gasteiger partial charge >= 0.3 is 0 Å². The third-order valence-corrected chi connectivity index (χ3v) is 4.32. The first kappa shape index (κ1) is 17.1. The molecule has 0 fully saturated rings. The van der Waals surface area contributed by atoms with Gasteiger partial charge < -0.3 is 9.73 Å². The third-order valence-electron chi connectivity index (χ3n) is 4.00. The molecule has 4 rings (SSSR count). The van der Waals surface area contributed by atoms with E-state index in [1.165, 1.54) is 4.68 Å². The molecule has 3 heterocycles. The van der Waals surface area contributed by atoms with E-state index in [2.05, 4.69) is 15.4 Å². The predicted molar refractivity (Wildman–Crippen MR) is 102 cm³/mol. The number of benzene rings is 1. The zero-order chi connectivity index (χ0) is 18.6. The third kappa shape index (κ3) is 3.61. The summed E-state index contributed by atoms with van der Waals surface area (Å²) in [6, 6.07) is 16.2. The number of hydrogen-bond acceptors (Lipinski definition) is 4. The van der Waals surface area contributed by atoms with Crippen molar-refractivity contribution >= 4 is 17.5 Å². The van der Waals surface area contributed by atoms with Gasteiger partial charge in [0, 0.05) is 25.0 Å². The van der Waals surface area contributed by atoms with Crippen molar-refractivity contribution in [2.75, 3.05) is 0 Å². The van der Waals surface area contributed by atoms with Crippen LogP contribution < -0.4 is 5.32 Å². The maximum atomic E-state index is 12.8. The first-order valence-corrected chi connectivity index (χ1v) is 8.66. The maximum Gasteiger partial charge on any atom is 0.270 e. The molecule has 0 aliphatic heterocycles. The largest absolute Gasteiger partial charge is 0.463 e. The highest BCUT2D eigenvalue weighted by atomic mass is 35.5. The van der Waals surface area contributed by atoms with Gasteiger partial charge in [0.2, 0.25) is 0 Å². The molecule has 0 aliphatic carbocycles. The molecular weight excluding hydrogens is 364 g/mol. The molecule has 0 radical (unpaired) electrons. The molecule has 27 heavy (non-hydrogen) atoms. The van der Waals surface area contributed by atoms with Crippen molar-refractivity contribution in [3.05, 3.63) is 89.5 Å². The van der Waals surface area contributed by atoms with Crippen molar-refractivity contribution < 1.29 is 9.21 Å². The zero-order valence-electron chi connectivity index (χ0n) is 14.2. The second-order valence-electron chi connectivity index (χ2n) is 5.79. The molecule has 0 saturated carbocycles. The Labute approximate surface area is 160 Å². The second kappa shape index (κ2) is 7.47. The Bertz CT molecular complexity index is 1060. The Balaban J connectivity index is 1.70. The summed E-state index contributed by atoms with van der Waals surface area (Å²) in [4.78, 5) is 16.8. The minimum Gasteiger partial charge on any atom is -0.463 e. The van der Waals surface area contributed by atoms with E-state index in [1.54, 1.807) is 49.0 Å². The van der Waals surface area contributed by atoms with Crippen LogP contribution in [-0.4, -0.2) is 20.7 Å². The molecule has 0 aliphatic rings. The molecule has 0 atom stereocenters. The van der Waals surface area contributed by atoms with Gasteiger partial charge in [-0.05, 0) is 42.0 Å². The average molecular weight is 379 g/mol. The molecule has 4 aromatic rings. The lowest BCUT2D eigenvalue weighted by Gasteiger charge is -2.09. The molecule has 7 heteroatoms. The van der Waals surface area contributed by atoms with Crippen LogP contribution in [0.5, 0.6) is 0 Å². The molecule has 1 amide bonds. The molecule has 0 spiro atoms. The molecule has 0 unspecified atom stereocenters. The summed E-state index contributed by atoms with van der Waals surface area (Å²) in [5.41, 5.74) is 2.48. The van der Waals surface area contributed by atoms with E-state index < -0.39 is 0 Å². The van der Waals surface area contributed by atoms with Gasteiger partial charge in [-0.25, -0.2) is 4.68 Å². The van der Waals surface area contributed by atoms with E-state index in [0.717, 1.165) is 5.56 Å². The van der Waals surface area contributed by atoms with Gasteiger partial charge in [0.25, 0.3) is 5.91 Å². The summed E-state index contributed by atoms with van der Waals surface area (Å²) in [5, 5.41) is 7.92. The quantitative estimate of drug-likeness (QED) is 0.567. The molecular formula is C20H15ClN4O2. The molecule has 6 nitrogen and oxygen atoms in total. The average Bonchev–Trinajstić information content (AvgIpc) is 3.37. The molecule has 1 aromatic carbocycles. The van der Waals surface area contributed by atoms with Gasteiger partial charge in [0.05, 0.1) is 17.0 Å². The number of aromatic nitrogens is 3. The van der Waals surface area contributed by atoms with Gasteiger partial charge in [0.1, 0.15) is 11.4 Å². The number of pyridine rings is 1. The summed E-state index contributed by atoms with van der Waals surface area (Å²) in [5.74, 6) is 0.307. The van der Waals surface area contributed by atoms with Gasteiger partial charge in [-0.1, -0.05) is 23.7 Å². The van der Waals surface area contributed by atoms with Crippen LogP contribution in [0.3, 0.4) is 0 Å². The molecule has 0 saturated heterocycles. The number of rotatable bonds is 5. The van der Waals surface area contributed by atoms with Crippen molar-refractivity contribution in [3.63, 3.8) is 0 Å². The van der Waals surface area contributed by atoms with E-state index in [0.29, 0.717) is 34.4 Å². The minimum atomic E-state index is -0.267. The maximum absolute atomic E-state index is 12.8. The summed E-state index contributed by atoms with van der Waals surface area (Å²) in [6.07, 6.45) is 4.93. The van der Waals surface area contributed by atoms with E-state index in [1.807, 2.05) is 24.3 Å². The number of nitrogens with zero attached hydrogens (tertiary/aromatic N) is 3. The van der Waals surface area contributed by atoms with E-state index in [4.69, 9.17) is 16.0 Å². The van der Waals surface area contributed by atoms with Crippen LogP contribution in [0, 0.1) is 0 Å². The number of halogens is 1. The summed E-state index contributed by atoms with van der Waals surface area (Å²) in [6.45, 7) is 0.380. The van der Waals surface area contributed by atoms with Crippen LogP contribution in [0.25, 0.3) is 17.1 Å². The van der Waals surface area contributed by atoms with Crippen molar-refractivity contribution in [1.82, 2.24) is 20.1 Å². The monoisotopic (exact) mass is 378 g/mol. The highest BCUT2D eigenvalue weighted by Gasteiger charge is 2.19. The molecule has 134 valence electrons. The standard InChI is InChI=1S/C20H15ClN4O2/c21-15-4-1-2-5-17(15)25-18(12-16(24-25)19-6-3-11-27-19)20(26)23-13-14-7-9-22-10-8-14/h1-12H,13H2,(H,23,26). The van der Waals surface area contributed by atoms with Crippen molar-refractivity contribution in [2.24, 2.45) is 0 Å². The van der Waals surface area contributed by atoms with E-state index in [9.17, 15) is 4.79 Å². The topological polar surface area (TPSA) is 73.0 Å². The highest BCUT2D eigenvalue weighted by molar-refractivity contribution is 6.32. The first-order chi connectivity index (χ1) is 13.2. The summed E-state index contributed by atoms with van der Waals surface area (Å²) < 4.78 is 6.95. The zero-order valence-corrected chi connectivity index (χ0v) is 14.9. The van der Waals surface area contributed by atoms with Crippen molar-refractivity contribution in [3.8, 4) is 17.1 Å². The Kier molecular flexibility index (Phi) is 4.72. The fourth-order valence-corrected chi connectivity index (χ4v) is 2.88. The number of carbonyl (C=O) groups excluding carboxylic acids is 1. The Hall–Kier alpha value is -3.38. The minimum absolute atomic E-state index is 0.267. The number of carbonyl (C=O) groups is 1. The van der Waals surface area contributed by atoms with Crippen LogP contribution >= 0.6 is 11.6 Å². The summed E-state index contributed by atoms with van der Waals surface area (Å²) >= 11 is 6.32. The first-order valence-electron chi connectivity index (χ1n) is 8.28. The number of hydrogen-bond donors (Lipinski definition) is 1. The van der Waals surface area contributed by atoms with Gasteiger partial charge in [-0.15, -0.1) is 0 Å². The Morgan fingerprint density at radius 1 is 1.11 bits per heavy atom. The highest BCUT2D eigenvalue weighted by Crippen LogP contribution is 2.25. The van der Waals surface area contributed by atoms with Crippen molar-refractivity contribution in [1.29, 1.82) is 0 Å². The van der Waals surface area contributed by atoms with Crippen LogP contribution in [0.4, 0.5) is 0 Å². The molecule has 1 N–H and O–H groups in total. The number of furan rings is 1. The van der Waals surface area contributed by atoms with Crippen LogP contribution in [0.1, 0.15) is 16.1 Å². The fourth-order valence-electron chi connectivity index (χ4n) is 2.67. The van der Waals surface area contributed by atoms with Crippen LogP contribution in [-0.2, 0) is 6.54 Å². The van der Waals surface area contributed by atoms with E-state index in [-0.39, 0.29) is 5.91 Å². The number of amides is 1. The Morgan fingerprint density at radius 3 is 2.67 bits per heavy atom. The lowest BCUT2D eigenvalue weighted by Crippen LogP contribution is -2.25. The van der Waals surface area contributed by atoms with E-state index >= 15 is 0 Å². The molecule has 3 aromatic heterocycles. The number of nitrogens with one attached hydrogen (secondary N) is 1. The lowest BCUT2D eigenvalue weighted by atomic mass is 10.2. The summed E-state index contributed by atoms with van der Waals surface area (Å²) in [7, 11) is 0. The van der Waals surface area contributed by atoms with Crippen LogP contribution in [0.2, 0.25) is 5.02 Å². The normalized spacial score (nSPS) is 10.7. The second-order valence-corrected chi connectivity index (χ2v) is 6.20. The predicted octanol–water partition coefficient (Wildman–Crippen LogP) is 4.11. The van der Waals surface area contributed by atoms with Crippen molar-refractivity contribution in [2.45, 2.75) is 6.54 Å². The smallest absolute Gasteiger partial charge is 0.270 e. The van der Waals surface area contributed by atoms with Crippen LogP contribution in [0.15, 0.2) is 77.7 Å². The SMILES string of the molecule is O=C(NCc1ccncc1)c1cc(-c2ccco2)nn1-c1ccccc1Cl. The number of para-hydroxylation sites is 1. The fraction of sp³-hybridized carbons (Fsp3) is 0.0500. The lowest BCUT2D eigenvalue weighted by molar-refractivity contribution is 0.0943. The molecule has 0 bridgehead atoms.